The third kappa shape index (κ3) is 6.51. The fourth-order valence-electron chi connectivity index (χ4n) is 10.3. The van der Waals surface area contributed by atoms with E-state index in [-0.39, 0.29) is 0 Å². The van der Waals surface area contributed by atoms with Crippen LogP contribution in [-0.2, 0) is 0 Å². The van der Waals surface area contributed by atoms with Crippen molar-refractivity contribution in [3.63, 3.8) is 0 Å². The van der Waals surface area contributed by atoms with E-state index < -0.39 is 0 Å². The molecule has 0 aliphatic heterocycles. The first kappa shape index (κ1) is 40.7. The van der Waals surface area contributed by atoms with Gasteiger partial charge in [0.25, 0.3) is 0 Å². The molecule has 0 fully saturated rings. The number of hydrogen-bond acceptors (Lipinski definition) is 3. The average Bonchev–Trinajstić information content (AvgIpc) is 4.07. The van der Waals surface area contributed by atoms with E-state index in [1.165, 1.54) is 0 Å². The van der Waals surface area contributed by atoms with Crippen LogP contribution in [0.5, 0.6) is 0 Å². The Bertz CT molecular complexity index is 4310. The molecule has 9 nitrogen and oxygen atoms in total. The summed E-state index contributed by atoms with van der Waals surface area (Å²) in [4.78, 5) is 21.1. The van der Waals surface area contributed by atoms with Crippen molar-refractivity contribution in [2.24, 2.45) is 0 Å². The minimum absolute atomic E-state index is 0.484. The van der Waals surface area contributed by atoms with Crippen LogP contribution < -0.4 is 0 Å². The number of hydrogen-bond donors (Lipinski definition) is 0. The molecule has 326 valence electrons. The van der Waals surface area contributed by atoms with Gasteiger partial charge >= 0.3 is 0 Å². The zero-order chi connectivity index (χ0) is 47.7. The van der Waals surface area contributed by atoms with E-state index in [2.05, 4.69) is 137 Å². The number of aromatic nitrogens is 5. The van der Waals surface area contributed by atoms with Crippen molar-refractivity contribution in [1.29, 1.82) is 5.26 Å². The molecule has 9 heteroatoms. The van der Waals surface area contributed by atoms with Crippen molar-refractivity contribution < 1.29 is 0 Å². The van der Waals surface area contributed by atoms with Crippen LogP contribution in [0, 0.1) is 31.0 Å². The number of rotatable bonds is 6. The number of nitrogens with zero attached hydrogens (tertiary/aromatic N) is 9. The largest absolute Gasteiger partial charge is 0.309 e. The smallest absolute Gasteiger partial charge is 0.188 e. The summed E-state index contributed by atoms with van der Waals surface area (Å²) in [5.41, 5.74) is 15.2. The Kier molecular flexibility index (Phi) is 9.19. The molecule has 13 aromatic rings. The van der Waals surface area contributed by atoms with Crippen molar-refractivity contribution in [2.45, 2.75) is 0 Å². The van der Waals surface area contributed by atoms with Gasteiger partial charge in [-0.1, -0.05) is 91.0 Å². The second kappa shape index (κ2) is 16.0. The van der Waals surface area contributed by atoms with Gasteiger partial charge in [0.15, 0.2) is 22.9 Å². The summed E-state index contributed by atoms with van der Waals surface area (Å²) in [5.74, 6) is 0.484. The second-order valence-electron chi connectivity index (χ2n) is 17.4. The first-order valence-electron chi connectivity index (χ1n) is 22.9. The molecular formula is C62H33N9. The third-order valence-electron chi connectivity index (χ3n) is 13.5. The molecule has 71 heavy (non-hydrogen) atoms. The van der Waals surface area contributed by atoms with E-state index >= 15 is 0 Å². The number of nitriles is 1. The minimum Gasteiger partial charge on any atom is -0.309 e. The van der Waals surface area contributed by atoms with Crippen LogP contribution in [0.15, 0.2) is 200 Å². The van der Waals surface area contributed by atoms with Crippen LogP contribution in [-0.4, -0.2) is 23.7 Å². The Labute approximate surface area is 406 Å². The summed E-state index contributed by atoms with van der Waals surface area (Å²) in [7, 11) is 0. The lowest BCUT2D eigenvalue weighted by Gasteiger charge is -2.12. The maximum absolute atomic E-state index is 9.86. The highest BCUT2D eigenvalue weighted by molar-refractivity contribution is 6.14. The van der Waals surface area contributed by atoms with Gasteiger partial charge in [-0.2, -0.15) is 5.26 Å². The molecule has 0 saturated carbocycles. The Balaban J connectivity index is 1.02. The third-order valence-corrected chi connectivity index (χ3v) is 13.5. The highest BCUT2D eigenvalue weighted by atomic mass is 15.0. The average molecular weight is 904 g/mol. The van der Waals surface area contributed by atoms with E-state index in [1.807, 2.05) is 78.9 Å². The molecule has 0 amide bonds. The predicted molar refractivity (Wildman–Crippen MR) is 285 cm³/mol. The molecule has 0 saturated heterocycles. The van der Waals surface area contributed by atoms with Gasteiger partial charge in [0.05, 0.1) is 75.8 Å². The Morgan fingerprint density at radius 1 is 0.352 bits per heavy atom. The standard InChI is InChI=1S/C62H33N9/c1-64-42-12-8-10-40(31-42)55-36-54(67-62(68-55)41-11-9-13-43(32-41)65-2)39-19-22-45(23-20-39)69-60-28-24-46(70-56-16-6-4-14-48(56)50-30-38(37-63)18-26-58(50)70)34-52(60)53-35-47(25-29-61(53)69)71-57-17-7-5-15-49(57)51-33-44(66-3)21-27-59(51)71/h4-36H. The lowest BCUT2D eigenvalue weighted by atomic mass is 10.1. The minimum atomic E-state index is 0.484. The molecule has 0 aliphatic rings. The topological polar surface area (TPSA) is 77.4 Å². The molecular weight excluding hydrogens is 871 g/mol. The van der Waals surface area contributed by atoms with Gasteiger partial charge in [-0.3, -0.25) is 0 Å². The van der Waals surface area contributed by atoms with Crippen molar-refractivity contribution in [3.8, 4) is 57.0 Å². The van der Waals surface area contributed by atoms with Gasteiger partial charge < -0.3 is 13.7 Å². The molecule has 0 radical (unpaired) electrons. The van der Waals surface area contributed by atoms with E-state index in [0.717, 1.165) is 99.2 Å². The first-order chi connectivity index (χ1) is 35.0. The van der Waals surface area contributed by atoms with Crippen molar-refractivity contribution >= 4 is 82.5 Å². The Morgan fingerprint density at radius 2 is 0.803 bits per heavy atom. The van der Waals surface area contributed by atoms with E-state index in [9.17, 15) is 5.26 Å². The summed E-state index contributed by atoms with van der Waals surface area (Å²) < 4.78 is 6.89. The summed E-state index contributed by atoms with van der Waals surface area (Å²) in [6.07, 6.45) is 0. The normalized spacial score (nSPS) is 11.3. The fraction of sp³-hybridized carbons (Fsp3) is 0. The second-order valence-corrected chi connectivity index (χ2v) is 17.4. The lowest BCUT2D eigenvalue weighted by Crippen LogP contribution is -1.98. The molecule has 13 rings (SSSR count). The van der Waals surface area contributed by atoms with E-state index in [0.29, 0.717) is 39.8 Å². The molecule has 0 unspecified atom stereocenters. The Morgan fingerprint density at radius 3 is 1.39 bits per heavy atom. The summed E-state index contributed by atoms with van der Waals surface area (Å²) in [5, 5.41) is 16.2. The van der Waals surface area contributed by atoms with Crippen LogP contribution in [0.2, 0.25) is 0 Å². The van der Waals surface area contributed by atoms with Crippen LogP contribution in [0.3, 0.4) is 0 Å². The maximum Gasteiger partial charge on any atom is 0.188 e. The van der Waals surface area contributed by atoms with Crippen molar-refractivity contribution in [1.82, 2.24) is 23.7 Å². The van der Waals surface area contributed by atoms with Gasteiger partial charge in [0.2, 0.25) is 0 Å². The highest BCUT2D eigenvalue weighted by Crippen LogP contribution is 2.41. The quantitative estimate of drug-likeness (QED) is 0.156. The summed E-state index contributed by atoms with van der Waals surface area (Å²) in [6, 6.07) is 69.3. The molecule has 0 N–H and O–H groups in total. The van der Waals surface area contributed by atoms with Gasteiger partial charge in [-0.05, 0) is 120 Å². The van der Waals surface area contributed by atoms with E-state index in [1.54, 1.807) is 18.2 Å². The lowest BCUT2D eigenvalue weighted by molar-refractivity contribution is 1.16. The van der Waals surface area contributed by atoms with Gasteiger partial charge in [0, 0.05) is 55.1 Å². The van der Waals surface area contributed by atoms with Gasteiger partial charge in [0.1, 0.15) is 0 Å². The van der Waals surface area contributed by atoms with Crippen LogP contribution in [0.1, 0.15) is 5.56 Å². The molecule has 0 aliphatic carbocycles. The van der Waals surface area contributed by atoms with Gasteiger partial charge in [-0.25, -0.2) is 24.5 Å². The van der Waals surface area contributed by atoms with E-state index in [4.69, 9.17) is 29.7 Å². The van der Waals surface area contributed by atoms with Crippen LogP contribution in [0.25, 0.3) is 131 Å². The summed E-state index contributed by atoms with van der Waals surface area (Å²) in [6.45, 7) is 23.1. The Hall–Kier alpha value is -10.6. The predicted octanol–water partition coefficient (Wildman–Crippen LogP) is 16.3. The fourth-order valence-corrected chi connectivity index (χ4v) is 10.3. The molecule has 0 bridgehead atoms. The zero-order valence-electron chi connectivity index (χ0n) is 37.6. The SMILES string of the molecule is [C-]#[N+]c1cccc(-c2cc(-c3ccc(-n4c5ccc(-n6c7ccccc7c7cc(C#N)ccc76)cc5c5cc(-n6c7ccccc7c7cc([N+]#[C-])ccc76)ccc54)cc3)nc(-c3cccc([N+]#[C-])c3)n2)c1. The molecule has 4 heterocycles. The molecule has 9 aromatic carbocycles. The molecule has 0 atom stereocenters. The van der Waals surface area contributed by atoms with Crippen LogP contribution in [0.4, 0.5) is 17.1 Å². The number of fused-ring (bicyclic) bond motifs is 9. The van der Waals surface area contributed by atoms with Crippen LogP contribution >= 0.6 is 0 Å². The summed E-state index contributed by atoms with van der Waals surface area (Å²) >= 11 is 0. The monoisotopic (exact) mass is 903 g/mol. The first-order valence-corrected chi connectivity index (χ1v) is 22.9. The molecule has 0 spiro atoms. The number of benzene rings is 9. The van der Waals surface area contributed by atoms with Crippen molar-refractivity contribution in [3.05, 3.63) is 240 Å². The zero-order valence-corrected chi connectivity index (χ0v) is 37.6. The van der Waals surface area contributed by atoms with Gasteiger partial charge in [-0.15, -0.1) is 0 Å². The van der Waals surface area contributed by atoms with Crippen molar-refractivity contribution in [2.75, 3.05) is 0 Å². The highest BCUT2D eigenvalue weighted by Gasteiger charge is 2.20. The maximum atomic E-state index is 9.86. The molecule has 4 aromatic heterocycles. The number of para-hydroxylation sites is 2.